The molecule has 3 rings (SSSR count). The highest BCUT2D eigenvalue weighted by Crippen LogP contribution is 2.37. The molecule has 0 aliphatic rings. The molecule has 0 saturated heterocycles. The van der Waals surface area contributed by atoms with Gasteiger partial charge < -0.3 is 15.2 Å². The van der Waals surface area contributed by atoms with Crippen molar-refractivity contribution in [3.8, 4) is 11.6 Å². The average molecular weight is 253 g/mol. The summed E-state index contributed by atoms with van der Waals surface area (Å²) in [4.78, 5) is 2.78. The van der Waals surface area contributed by atoms with Gasteiger partial charge in [-0.1, -0.05) is 18.2 Å². The maximum absolute atomic E-state index is 9.81. The van der Waals surface area contributed by atoms with Crippen LogP contribution in [0.5, 0.6) is 11.6 Å². The summed E-state index contributed by atoms with van der Waals surface area (Å²) < 4.78 is 0. The first kappa shape index (κ1) is 11.3. The Kier molecular flexibility index (Phi) is 2.64. The molecule has 19 heavy (non-hydrogen) atoms. The summed E-state index contributed by atoms with van der Waals surface area (Å²) in [7, 11) is 0. The second-order valence-corrected chi connectivity index (χ2v) is 4.09. The van der Waals surface area contributed by atoms with E-state index < -0.39 is 0 Å². The van der Waals surface area contributed by atoms with E-state index in [0.717, 1.165) is 0 Å². The number of hydrogen-bond donors (Lipinski definition) is 3. The van der Waals surface area contributed by atoms with E-state index in [1.165, 1.54) is 12.1 Å². The van der Waals surface area contributed by atoms with Crippen LogP contribution in [0.2, 0.25) is 0 Å². The molecule has 94 valence electrons. The lowest BCUT2D eigenvalue weighted by molar-refractivity contribution is 0.459. The van der Waals surface area contributed by atoms with Crippen LogP contribution in [0.1, 0.15) is 0 Å². The number of aromatic hydroxyl groups is 2. The minimum atomic E-state index is -0.0692. The number of benzene rings is 2. The Balaban J connectivity index is 2.07. The Morgan fingerprint density at radius 2 is 1.68 bits per heavy atom. The molecule has 0 radical (unpaired) electrons. The monoisotopic (exact) mass is 253 g/mol. The Labute approximate surface area is 108 Å². The van der Waals surface area contributed by atoms with E-state index in [1.54, 1.807) is 6.07 Å². The molecule has 3 N–H and O–H groups in total. The zero-order valence-corrected chi connectivity index (χ0v) is 9.91. The van der Waals surface area contributed by atoms with Gasteiger partial charge in [0.1, 0.15) is 5.75 Å². The number of H-pyrrole nitrogens is 1. The molecule has 0 amide bonds. The highest BCUT2D eigenvalue weighted by atomic mass is 16.3. The number of fused-ring (bicyclic) bond motifs is 1. The average Bonchev–Trinajstić information content (AvgIpc) is 2.73. The van der Waals surface area contributed by atoms with Crippen LogP contribution in [0.3, 0.4) is 0 Å². The molecule has 1 aromatic heterocycles. The number of rotatable bonds is 2. The summed E-state index contributed by atoms with van der Waals surface area (Å²) in [5.41, 5.74) is 1.70. The minimum Gasteiger partial charge on any atom is -0.508 e. The van der Waals surface area contributed by atoms with Gasteiger partial charge in [-0.05, 0) is 30.3 Å². The molecule has 2 aromatic carbocycles. The molecule has 0 fully saturated rings. The van der Waals surface area contributed by atoms with Crippen LogP contribution < -0.4 is 0 Å². The maximum Gasteiger partial charge on any atom is 0.218 e. The lowest BCUT2D eigenvalue weighted by Crippen LogP contribution is -1.67. The fraction of sp³-hybridized carbons (Fsp3) is 0. The van der Waals surface area contributed by atoms with Gasteiger partial charge in [-0.15, -0.1) is 5.11 Å². The molecule has 3 aromatic rings. The number of aromatic amines is 1. The zero-order chi connectivity index (χ0) is 13.2. The summed E-state index contributed by atoms with van der Waals surface area (Å²) in [6, 6.07) is 14.0. The van der Waals surface area contributed by atoms with Gasteiger partial charge in [0.15, 0.2) is 5.69 Å². The van der Waals surface area contributed by atoms with Gasteiger partial charge in [0.25, 0.3) is 0 Å². The van der Waals surface area contributed by atoms with E-state index in [-0.39, 0.29) is 11.6 Å². The van der Waals surface area contributed by atoms with Crippen molar-refractivity contribution in [3.63, 3.8) is 0 Å². The fourth-order valence-corrected chi connectivity index (χ4v) is 1.86. The first-order valence-corrected chi connectivity index (χ1v) is 5.74. The SMILES string of the molecule is Oc1ccc2[nH]c(O)c(N=Nc3ccccc3)c2c1. The van der Waals surface area contributed by atoms with Crippen molar-refractivity contribution in [2.45, 2.75) is 0 Å². The number of nitrogens with zero attached hydrogens (tertiary/aromatic N) is 2. The van der Waals surface area contributed by atoms with Crippen molar-refractivity contribution >= 4 is 22.3 Å². The first-order valence-electron chi connectivity index (χ1n) is 5.74. The molecule has 1 heterocycles. The van der Waals surface area contributed by atoms with E-state index in [4.69, 9.17) is 0 Å². The largest absolute Gasteiger partial charge is 0.508 e. The maximum atomic E-state index is 9.81. The molecule has 0 atom stereocenters. The number of hydrogen-bond acceptors (Lipinski definition) is 4. The van der Waals surface area contributed by atoms with Gasteiger partial charge >= 0.3 is 0 Å². The van der Waals surface area contributed by atoms with Crippen LogP contribution >= 0.6 is 0 Å². The van der Waals surface area contributed by atoms with Gasteiger partial charge in [-0.2, -0.15) is 5.11 Å². The molecule has 5 heteroatoms. The van der Waals surface area contributed by atoms with E-state index in [1.807, 2.05) is 30.3 Å². The van der Waals surface area contributed by atoms with Crippen LogP contribution in [-0.2, 0) is 0 Å². The molecule has 0 spiro atoms. The number of phenols is 1. The Bertz CT molecular complexity index is 748. The number of phenolic OH excluding ortho intramolecular Hbond substituents is 1. The second kappa shape index (κ2) is 4.45. The summed E-state index contributed by atoms with van der Waals surface area (Å²) >= 11 is 0. The summed E-state index contributed by atoms with van der Waals surface area (Å²) in [5, 5.41) is 28.0. The molecule has 5 nitrogen and oxygen atoms in total. The van der Waals surface area contributed by atoms with Crippen LogP contribution in [0.4, 0.5) is 11.4 Å². The van der Waals surface area contributed by atoms with Crippen molar-refractivity contribution in [1.29, 1.82) is 0 Å². The first-order chi connectivity index (χ1) is 9.24. The number of nitrogens with one attached hydrogen (secondary N) is 1. The molecule has 0 saturated carbocycles. The quantitative estimate of drug-likeness (QED) is 0.603. The Hall–Kier alpha value is -2.82. The van der Waals surface area contributed by atoms with Crippen molar-refractivity contribution < 1.29 is 10.2 Å². The molecule has 0 aliphatic heterocycles. The van der Waals surface area contributed by atoms with E-state index in [0.29, 0.717) is 22.3 Å². The highest BCUT2D eigenvalue weighted by molar-refractivity contribution is 5.95. The highest BCUT2D eigenvalue weighted by Gasteiger charge is 2.10. The van der Waals surface area contributed by atoms with E-state index >= 15 is 0 Å². The van der Waals surface area contributed by atoms with Crippen LogP contribution in [0.25, 0.3) is 10.9 Å². The predicted octanol–water partition coefficient (Wildman–Crippen LogP) is 3.99. The molecule has 0 unspecified atom stereocenters. The third kappa shape index (κ3) is 2.13. The smallest absolute Gasteiger partial charge is 0.218 e. The second-order valence-electron chi connectivity index (χ2n) is 4.09. The molecular weight excluding hydrogens is 242 g/mol. The van der Waals surface area contributed by atoms with Crippen molar-refractivity contribution in [1.82, 2.24) is 4.98 Å². The van der Waals surface area contributed by atoms with Crippen LogP contribution in [0, 0.1) is 0 Å². The van der Waals surface area contributed by atoms with Gasteiger partial charge in [0.2, 0.25) is 5.88 Å². The third-order valence-corrected chi connectivity index (χ3v) is 2.76. The lowest BCUT2D eigenvalue weighted by atomic mass is 10.2. The van der Waals surface area contributed by atoms with Gasteiger partial charge in [-0.3, -0.25) is 0 Å². The Morgan fingerprint density at radius 1 is 0.895 bits per heavy atom. The fourth-order valence-electron chi connectivity index (χ4n) is 1.86. The molecular formula is C14H11N3O2. The summed E-state index contributed by atoms with van der Waals surface area (Å²) in [6.07, 6.45) is 0. The van der Waals surface area contributed by atoms with Crippen LogP contribution in [0.15, 0.2) is 58.8 Å². The predicted molar refractivity (Wildman–Crippen MR) is 72.2 cm³/mol. The molecule has 0 bridgehead atoms. The van der Waals surface area contributed by atoms with Gasteiger partial charge in [-0.25, -0.2) is 0 Å². The summed E-state index contributed by atoms with van der Waals surface area (Å²) in [6.45, 7) is 0. The Morgan fingerprint density at radius 3 is 2.47 bits per heavy atom. The van der Waals surface area contributed by atoms with Gasteiger partial charge in [0, 0.05) is 5.39 Å². The third-order valence-electron chi connectivity index (χ3n) is 2.76. The lowest BCUT2D eigenvalue weighted by Gasteiger charge is -1.94. The van der Waals surface area contributed by atoms with Gasteiger partial charge in [0.05, 0.1) is 11.2 Å². The standard InChI is InChI=1S/C14H11N3O2/c18-10-6-7-12-11(8-10)13(14(19)15-12)17-16-9-4-2-1-3-5-9/h1-8,15,18-19H. The van der Waals surface area contributed by atoms with E-state index in [9.17, 15) is 10.2 Å². The van der Waals surface area contributed by atoms with Crippen molar-refractivity contribution in [3.05, 3.63) is 48.5 Å². The number of aromatic nitrogens is 1. The number of azo groups is 1. The minimum absolute atomic E-state index is 0.0692. The zero-order valence-electron chi connectivity index (χ0n) is 9.91. The molecule has 0 aliphatic carbocycles. The topological polar surface area (TPSA) is 81.0 Å². The van der Waals surface area contributed by atoms with Crippen molar-refractivity contribution in [2.75, 3.05) is 0 Å². The normalized spacial score (nSPS) is 11.4. The van der Waals surface area contributed by atoms with Crippen LogP contribution in [-0.4, -0.2) is 15.2 Å². The summed E-state index contributed by atoms with van der Waals surface area (Å²) in [5.74, 6) is 0.0444. The van der Waals surface area contributed by atoms with Crippen molar-refractivity contribution in [2.24, 2.45) is 10.2 Å². The van der Waals surface area contributed by atoms with E-state index in [2.05, 4.69) is 15.2 Å².